The van der Waals surface area contributed by atoms with Crippen LogP contribution in [0.15, 0.2) is 41.4 Å². The van der Waals surface area contributed by atoms with Crippen LogP contribution in [0.5, 0.6) is 0 Å². The van der Waals surface area contributed by atoms with Crippen LogP contribution in [0, 0.1) is 0 Å². The molecule has 1 atom stereocenters. The first-order valence-corrected chi connectivity index (χ1v) is 5.74. The van der Waals surface area contributed by atoms with E-state index in [0.717, 1.165) is 4.47 Å². The van der Waals surface area contributed by atoms with Gasteiger partial charge >= 0.3 is 5.97 Å². The summed E-state index contributed by atoms with van der Waals surface area (Å²) in [7, 11) is 0. The quantitative estimate of drug-likeness (QED) is 0.819. The SMILES string of the molecule is C=CCC(NC(=O)c1ccc(Br)cc1)C(=O)O. The molecule has 0 fully saturated rings. The summed E-state index contributed by atoms with van der Waals surface area (Å²) in [4.78, 5) is 22.6. The zero-order valence-corrected chi connectivity index (χ0v) is 10.6. The molecule has 0 aliphatic heterocycles. The first-order valence-electron chi connectivity index (χ1n) is 4.94. The number of aliphatic carboxylic acids is 1. The van der Waals surface area contributed by atoms with Gasteiger partial charge in [0.15, 0.2) is 0 Å². The molecular formula is C12H12BrNO3. The third-order valence-corrected chi connectivity index (χ3v) is 2.64. The fraction of sp³-hybridized carbons (Fsp3) is 0.167. The van der Waals surface area contributed by atoms with Gasteiger partial charge in [0, 0.05) is 10.0 Å². The lowest BCUT2D eigenvalue weighted by Gasteiger charge is -2.12. The highest BCUT2D eigenvalue weighted by Gasteiger charge is 2.18. The van der Waals surface area contributed by atoms with E-state index in [0.29, 0.717) is 5.56 Å². The van der Waals surface area contributed by atoms with E-state index in [4.69, 9.17) is 5.11 Å². The van der Waals surface area contributed by atoms with Crippen molar-refractivity contribution in [2.75, 3.05) is 0 Å². The summed E-state index contributed by atoms with van der Waals surface area (Å²) in [6, 6.07) is 5.73. The largest absolute Gasteiger partial charge is 0.480 e. The van der Waals surface area contributed by atoms with Crippen LogP contribution in [0.4, 0.5) is 0 Å². The van der Waals surface area contributed by atoms with E-state index >= 15 is 0 Å². The molecule has 0 aliphatic rings. The van der Waals surface area contributed by atoms with E-state index in [1.807, 2.05) is 0 Å². The molecule has 1 amide bonds. The van der Waals surface area contributed by atoms with Crippen molar-refractivity contribution in [2.24, 2.45) is 0 Å². The first kappa shape index (κ1) is 13.4. The molecule has 1 unspecified atom stereocenters. The molecule has 4 nitrogen and oxygen atoms in total. The predicted octanol–water partition coefficient (Wildman–Crippen LogP) is 2.21. The Morgan fingerprint density at radius 3 is 2.47 bits per heavy atom. The topological polar surface area (TPSA) is 66.4 Å². The number of hydrogen-bond acceptors (Lipinski definition) is 2. The number of carbonyl (C=O) groups is 2. The molecule has 1 aromatic carbocycles. The van der Waals surface area contributed by atoms with Gasteiger partial charge in [-0.1, -0.05) is 22.0 Å². The third-order valence-electron chi connectivity index (χ3n) is 2.11. The van der Waals surface area contributed by atoms with Crippen LogP contribution in [0.3, 0.4) is 0 Å². The number of carbonyl (C=O) groups excluding carboxylic acids is 1. The van der Waals surface area contributed by atoms with Crippen LogP contribution in [0.25, 0.3) is 0 Å². The Morgan fingerprint density at radius 1 is 1.41 bits per heavy atom. The van der Waals surface area contributed by atoms with Crippen LogP contribution in [0.1, 0.15) is 16.8 Å². The lowest BCUT2D eigenvalue weighted by Crippen LogP contribution is -2.40. The number of amides is 1. The van der Waals surface area contributed by atoms with Crippen LogP contribution < -0.4 is 5.32 Å². The average Bonchev–Trinajstić information content (AvgIpc) is 2.29. The smallest absolute Gasteiger partial charge is 0.326 e. The highest BCUT2D eigenvalue weighted by atomic mass is 79.9. The predicted molar refractivity (Wildman–Crippen MR) is 67.8 cm³/mol. The van der Waals surface area contributed by atoms with Gasteiger partial charge < -0.3 is 10.4 Å². The molecule has 0 aromatic heterocycles. The Labute approximate surface area is 107 Å². The van der Waals surface area contributed by atoms with Gasteiger partial charge in [-0.25, -0.2) is 4.79 Å². The molecule has 5 heteroatoms. The molecule has 2 N–H and O–H groups in total. The fourth-order valence-corrected chi connectivity index (χ4v) is 1.50. The highest BCUT2D eigenvalue weighted by molar-refractivity contribution is 9.10. The Bertz CT molecular complexity index is 428. The highest BCUT2D eigenvalue weighted by Crippen LogP contribution is 2.10. The zero-order valence-electron chi connectivity index (χ0n) is 9.02. The summed E-state index contributed by atoms with van der Waals surface area (Å²) in [6.07, 6.45) is 1.65. The maximum atomic E-state index is 11.7. The maximum Gasteiger partial charge on any atom is 0.326 e. The second-order valence-corrected chi connectivity index (χ2v) is 4.31. The number of benzene rings is 1. The summed E-state index contributed by atoms with van der Waals surface area (Å²) in [5.74, 6) is -1.48. The standard InChI is InChI=1S/C12H12BrNO3/c1-2-3-10(12(16)17)14-11(15)8-4-6-9(13)7-5-8/h2,4-7,10H,1,3H2,(H,14,15)(H,16,17). The van der Waals surface area contributed by atoms with Crippen molar-refractivity contribution in [1.29, 1.82) is 0 Å². The molecule has 0 bridgehead atoms. The van der Waals surface area contributed by atoms with Crippen LogP contribution >= 0.6 is 15.9 Å². The van der Waals surface area contributed by atoms with Crippen molar-refractivity contribution in [3.63, 3.8) is 0 Å². The second-order valence-electron chi connectivity index (χ2n) is 3.40. The molecule has 90 valence electrons. The van der Waals surface area contributed by atoms with Crippen molar-refractivity contribution < 1.29 is 14.7 Å². The third kappa shape index (κ3) is 4.03. The van der Waals surface area contributed by atoms with E-state index in [9.17, 15) is 9.59 Å². The van der Waals surface area contributed by atoms with Crippen molar-refractivity contribution >= 4 is 27.8 Å². The average molecular weight is 298 g/mol. The number of halogens is 1. The first-order chi connectivity index (χ1) is 8.04. The minimum absolute atomic E-state index is 0.192. The van der Waals surface area contributed by atoms with Crippen molar-refractivity contribution in [2.45, 2.75) is 12.5 Å². The molecule has 0 aliphatic carbocycles. The summed E-state index contributed by atoms with van der Waals surface area (Å²) in [5, 5.41) is 11.3. The fourth-order valence-electron chi connectivity index (χ4n) is 1.23. The molecule has 1 aromatic rings. The lowest BCUT2D eigenvalue weighted by molar-refractivity contribution is -0.139. The molecule has 0 spiro atoms. The van der Waals surface area contributed by atoms with Gasteiger partial charge in [0.05, 0.1) is 0 Å². The summed E-state index contributed by atoms with van der Waals surface area (Å²) in [6.45, 7) is 3.45. The molecule has 1 rings (SSSR count). The Balaban J connectivity index is 2.73. The van der Waals surface area contributed by atoms with Crippen molar-refractivity contribution in [1.82, 2.24) is 5.32 Å². The maximum absolute atomic E-state index is 11.7. The molecule has 0 saturated heterocycles. The number of hydrogen-bond donors (Lipinski definition) is 2. The molecule has 0 heterocycles. The van der Waals surface area contributed by atoms with Gasteiger partial charge in [-0.3, -0.25) is 4.79 Å². The van der Waals surface area contributed by atoms with E-state index in [1.165, 1.54) is 6.08 Å². The summed E-state index contributed by atoms with van der Waals surface area (Å²) < 4.78 is 0.856. The Kier molecular flexibility index (Phi) is 4.90. The monoisotopic (exact) mass is 297 g/mol. The van der Waals surface area contributed by atoms with E-state index < -0.39 is 17.9 Å². The van der Waals surface area contributed by atoms with Gasteiger partial charge in [-0.15, -0.1) is 6.58 Å². The Morgan fingerprint density at radius 2 is 2.00 bits per heavy atom. The van der Waals surface area contributed by atoms with E-state index in [2.05, 4.69) is 27.8 Å². The number of rotatable bonds is 5. The van der Waals surface area contributed by atoms with Crippen LogP contribution in [-0.4, -0.2) is 23.0 Å². The molecule has 0 saturated carbocycles. The number of carboxylic acid groups (broad SMARTS) is 1. The van der Waals surface area contributed by atoms with Crippen LogP contribution in [-0.2, 0) is 4.79 Å². The van der Waals surface area contributed by atoms with Crippen molar-refractivity contribution in [3.05, 3.63) is 47.0 Å². The van der Waals surface area contributed by atoms with Gasteiger partial charge in [-0.05, 0) is 30.7 Å². The summed E-state index contributed by atoms with van der Waals surface area (Å²) in [5.41, 5.74) is 0.420. The minimum Gasteiger partial charge on any atom is -0.480 e. The summed E-state index contributed by atoms with van der Waals surface area (Å²) >= 11 is 3.25. The van der Waals surface area contributed by atoms with E-state index in [1.54, 1.807) is 24.3 Å². The Hall–Kier alpha value is -1.62. The molecular weight excluding hydrogens is 286 g/mol. The van der Waals surface area contributed by atoms with Crippen molar-refractivity contribution in [3.8, 4) is 0 Å². The normalized spacial score (nSPS) is 11.6. The number of carboxylic acids is 1. The lowest BCUT2D eigenvalue weighted by atomic mass is 10.1. The van der Waals surface area contributed by atoms with Gasteiger partial charge in [0.25, 0.3) is 5.91 Å². The van der Waals surface area contributed by atoms with Gasteiger partial charge in [-0.2, -0.15) is 0 Å². The van der Waals surface area contributed by atoms with Crippen LogP contribution in [0.2, 0.25) is 0 Å². The minimum atomic E-state index is -1.07. The van der Waals surface area contributed by atoms with Gasteiger partial charge in [0.1, 0.15) is 6.04 Å². The van der Waals surface area contributed by atoms with E-state index in [-0.39, 0.29) is 6.42 Å². The molecule has 0 radical (unpaired) electrons. The van der Waals surface area contributed by atoms with Gasteiger partial charge in [0.2, 0.25) is 0 Å². The second kappa shape index (κ2) is 6.20. The molecule has 17 heavy (non-hydrogen) atoms. The number of nitrogens with one attached hydrogen (secondary N) is 1. The zero-order chi connectivity index (χ0) is 12.8.